The number of thioether (sulfide) groups is 1. The molecule has 0 fully saturated rings. The number of ether oxygens (including phenoxy) is 1. The molecule has 0 atom stereocenters. The maximum absolute atomic E-state index is 13.2. The largest absolute Gasteiger partial charge is 0.497 e. The van der Waals surface area contributed by atoms with Gasteiger partial charge < -0.3 is 9.64 Å². The van der Waals surface area contributed by atoms with Crippen molar-refractivity contribution in [3.05, 3.63) is 83.4 Å². The van der Waals surface area contributed by atoms with Crippen molar-refractivity contribution in [2.45, 2.75) is 18.0 Å². The molecule has 0 saturated carbocycles. The maximum Gasteiger partial charge on any atom is 0.237 e. The van der Waals surface area contributed by atoms with Gasteiger partial charge in [-0.15, -0.1) is 10.2 Å². The summed E-state index contributed by atoms with van der Waals surface area (Å²) >= 11 is 7.47. The zero-order valence-electron chi connectivity index (χ0n) is 18.6. The molecular formula is C26H23ClN4O2S. The van der Waals surface area contributed by atoms with Crippen LogP contribution in [0.4, 0.5) is 5.69 Å². The van der Waals surface area contributed by atoms with Crippen molar-refractivity contribution in [3.63, 3.8) is 0 Å². The van der Waals surface area contributed by atoms with Crippen LogP contribution in [0.5, 0.6) is 5.75 Å². The van der Waals surface area contributed by atoms with Gasteiger partial charge in [0.2, 0.25) is 5.91 Å². The molecule has 1 aliphatic rings. The molecule has 1 aliphatic heterocycles. The third kappa shape index (κ3) is 4.54. The van der Waals surface area contributed by atoms with Crippen LogP contribution >= 0.6 is 23.4 Å². The Hall–Kier alpha value is -3.29. The quantitative estimate of drug-likeness (QED) is 0.326. The van der Waals surface area contributed by atoms with Gasteiger partial charge in [-0.1, -0.05) is 41.6 Å². The standard InChI is InChI=1S/C26H23ClN4O2S/c1-33-22-14-12-21(13-15-22)31-25(19-8-10-20(27)11-9-19)28-29-26(31)34-17-24(32)30-16-4-6-18-5-2-3-7-23(18)30/h2-3,5,7-15H,4,6,16-17H2,1H3. The molecule has 6 nitrogen and oxygen atoms in total. The Morgan fingerprint density at radius 1 is 1.03 bits per heavy atom. The van der Waals surface area contributed by atoms with Crippen molar-refractivity contribution >= 4 is 35.0 Å². The van der Waals surface area contributed by atoms with Crippen LogP contribution in [0.2, 0.25) is 5.02 Å². The molecule has 5 rings (SSSR count). The predicted molar refractivity (Wildman–Crippen MR) is 136 cm³/mol. The van der Waals surface area contributed by atoms with Crippen molar-refractivity contribution in [1.82, 2.24) is 14.8 Å². The lowest BCUT2D eigenvalue weighted by molar-refractivity contribution is -0.116. The van der Waals surface area contributed by atoms with Crippen LogP contribution in [0.25, 0.3) is 17.1 Å². The van der Waals surface area contributed by atoms with E-state index < -0.39 is 0 Å². The molecular weight excluding hydrogens is 468 g/mol. The van der Waals surface area contributed by atoms with Gasteiger partial charge in [-0.2, -0.15) is 0 Å². The first-order chi connectivity index (χ1) is 16.6. The van der Waals surface area contributed by atoms with E-state index in [1.807, 2.05) is 76.2 Å². The fourth-order valence-electron chi connectivity index (χ4n) is 4.11. The van der Waals surface area contributed by atoms with E-state index in [1.54, 1.807) is 7.11 Å². The number of hydrogen-bond donors (Lipinski definition) is 0. The van der Waals surface area contributed by atoms with E-state index in [1.165, 1.54) is 17.3 Å². The van der Waals surface area contributed by atoms with E-state index in [2.05, 4.69) is 16.3 Å². The van der Waals surface area contributed by atoms with E-state index in [-0.39, 0.29) is 11.7 Å². The van der Waals surface area contributed by atoms with Crippen molar-refractivity contribution in [2.75, 3.05) is 24.3 Å². The number of benzene rings is 3. The molecule has 0 saturated heterocycles. The molecule has 0 spiro atoms. The number of para-hydroxylation sites is 1. The Bertz CT molecular complexity index is 1310. The fraction of sp³-hybridized carbons (Fsp3) is 0.192. The molecule has 0 N–H and O–H groups in total. The average molecular weight is 491 g/mol. The number of nitrogens with zero attached hydrogens (tertiary/aromatic N) is 4. The monoisotopic (exact) mass is 490 g/mol. The third-order valence-electron chi connectivity index (χ3n) is 5.80. The van der Waals surface area contributed by atoms with Gasteiger partial charge in [0.1, 0.15) is 5.75 Å². The van der Waals surface area contributed by atoms with Gasteiger partial charge >= 0.3 is 0 Å². The Kier molecular flexibility index (Phi) is 6.56. The normalized spacial score (nSPS) is 12.9. The van der Waals surface area contributed by atoms with Crippen LogP contribution in [0, 0.1) is 0 Å². The molecule has 2 heterocycles. The highest BCUT2D eigenvalue weighted by atomic mass is 35.5. The predicted octanol–water partition coefficient (Wildman–Crippen LogP) is 5.67. The number of aryl methyl sites for hydroxylation is 1. The first-order valence-corrected chi connectivity index (χ1v) is 12.4. The van der Waals surface area contributed by atoms with Gasteiger partial charge in [0.05, 0.1) is 12.9 Å². The molecule has 1 aromatic heterocycles. The number of carbonyl (C=O) groups is 1. The molecule has 0 radical (unpaired) electrons. The van der Waals surface area contributed by atoms with Crippen molar-refractivity contribution in [1.29, 1.82) is 0 Å². The fourth-order valence-corrected chi connectivity index (χ4v) is 5.06. The summed E-state index contributed by atoms with van der Waals surface area (Å²) in [4.78, 5) is 15.1. The summed E-state index contributed by atoms with van der Waals surface area (Å²) in [5, 5.41) is 10.2. The SMILES string of the molecule is COc1ccc(-n2c(SCC(=O)N3CCCc4ccccc43)nnc2-c2ccc(Cl)cc2)cc1. The van der Waals surface area contributed by atoms with Crippen molar-refractivity contribution in [3.8, 4) is 22.8 Å². The minimum atomic E-state index is 0.0643. The molecule has 0 aliphatic carbocycles. The zero-order valence-corrected chi connectivity index (χ0v) is 20.2. The Balaban J connectivity index is 1.44. The highest BCUT2D eigenvalue weighted by Gasteiger charge is 2.24. The topological polar surface area (TPSA) is 60.2 Å². The van der Waals surface area contributed by atoms with Crippen LogP contribution in [-0.4, -0.2) is 40.1 Å². The Morgan fingerprint density at radius 2 is 1.79 bits per heavy atom. The minimum Gasteiger partial charge on any atom is -0.497 e. The Morgan fingerprint density at radius 3 is 2.56 bits per heavy atom. The first-order valence-electron chi connectivity index (χ1n) is 11.0. The number of carbonyl (C=O) groups excluding carboxylic acids is 1. The van der Waals surface area contributed by atoms with Gasteiger partial charge in [-0.3, -0.25) is 9.36 Å². The summed E-state index contributed by atoms with van der Waals surface area (Å²) < 4.78 is 7.27. The second kappa shape index (κ2) is 9.91. The summed E-state index contributed by atoms with van der Waals surface area (Å²) in [6.45, 7) is 0.734. The van der Waals surface area contributed by atoms with Crippen molar-refractivity contribution < 1.29 is 9.53 Å². The number of rotatable bonds is 6. The van der Waals surface area contributed by atoms with Gasteiger partial charge in [-0.05, 0) is 73.0 Å². The molecule has 8 heteroatoms. The zero-order chi connectivity index (χ0) is 23.5. The smallest absolute Gasteiger partial charge is 0.237 e. The number of anilines is 1. The third-order valence-corrected chi connectivity index (χ3v) is 6.97. The van der Waals surface area contributed by atoms with Gasteiger partial charge in [0, 0.05) is 28.5 Å². The minimum absolute atomic E-state index is 0.0643. The summed E-state index contributed by atoms with van der Waals surface area (Å²) in [7, 11) is 1.64. The highest BCUT2D eigenvalue weighted by molar-refractivity contribution is 7.99. The van der Waals surface area contributed by atoms with Gasteiger partial charge in [-0.25, -0.2) is 0 Å². The number of methoxy groups -OCH3 is 1. The summed E-state index contributed by atoms with van der Waals surface area (Å²) in [5.74, 6) is 1.77. The molecule has 1 amide bonds. The number of amides is 1. The molecule has 172 valence electrons. The number of hydrogen-bond acceptors (Lipinski definition) is 5. The summed E-state index contributed by atoms with van der Waals surface area (Å²) in [6.07, 6.45) is 1.97. The first kappa shape index (κ1) is 22.5. The van der Waals surface area contributed by atoms with E-state index in [0.717, 1.165) is 42.1 Å². The van der Waals surface area contributed by atoms with Crippen LogP contribution in [0.15, 0.2) is 78.0 Å². The van der Waals surface area contributed by atoms with Crippen LogP contribution < -0.4 is 9.64 Å². The Labute approximate surface area is 207 Å². The maximum atomic E-state index is 13.2. The molecule has 4 aromatic rings. The van der Waals surface area contributed by atoms with Gasteiger partial charge in [0.15, 0.2) is 11.0 Å². The van der Waals surface area contributed by atoms with Crippen LogP contribution in [0.3, 0.4) is 0 Å². The summed E-state index contributed by atoms with van der Waals surface area (Å²) in [6, 6.07) is 23.3. The summed E-state index contributed by atoms with van der Waals surface area (Å²) in [5.41, 5.74) is 4.00. The lowest BCUT2D eigenvalue weighted by Gasteiger charge is -2.29. The lowest BCUT2D eigenvalue weighted by atomic mass is 10.0. The van der Waals surface area contributed by atoms with E-state index in [4.69, 9.17) is 16.3 Å². The van der Waals surface area contributed by atoms with Crippen LogP contribution in [0.1, 0.15) is 12.0 Å². The van der Waals surface area contributed by atoms with Crippen LogP contribution in [-0.2, 0) is 11.2 Å². The number of aromatic nitrogens is 3. The van der Waals surface area contributed by atoms with E-state index in [0.29, 0.717) is 16.0 Å². The molecule has 34 heavy (non-hydrogen) atoms. The lowest BCUT2D eigenvalue weighted by Crippen LogP contribution is -2.36. The highest BCUT2D eigenvalue weighted by Crippen LogP contribution is 2.31. The van der Waals surface area contributed by atoms with Gasteiger partial charge in [0.25, 0.3) is 0 Å². The van der Waals surface area contributed by atoms with E-state index in [9.17, 15) is 4.79 Å². The molecule has 0 bridgehead atoms. The average Bonchev–Trinajstić information content (AvgIpc) is 3.31. The molecule has 3 aromatic carbocycles. The van der Waals surface area contributed by atoms with Crippen molar-refractivity contribution in [2.24, 2.45) is 0 Å². The number of halogens is 1. The van der Waals surface area contributed by atoms with E-state index >= 15 is 0 Å². The number of fused-ring (bicyclic) bond motifs is 1. The second-order valence-electron chi connectivity index (χ2n) is 7.91. The second-order valence-corrected chi connectivity index (χ2v) is 9.29. The molecule has 0 unspecified atom stereocenters.